The van der Waals surface area contributed by atoms with Gasteiger partial charge in [0.05, 0.1) is 18.3 Å². The molecular weight excluding hydrogens is 423 g/mol. The number of carbonyl (C=O) groups excluding carboxylic acids is 1. The SMILES string of the molecule is O=C1c2c(O)c(=O)cnn2[C@@H]([C@H](c2ccc(F)c(F)c2)c2ccccc2F)[C@H]2CCCN12. The molecule has 1 N–H and O–H groups in total. The first-order valence-electron chi connectivity index (χ1n) is 10.2. The Morgan fingerprint density at radius 1 is 1.03 bits per heavy atom. The number of hydrogen-bond acceptors (Lipinski definition) is 4. The van der Waals surface area contributed by atoms with Crippen LogP contribution in [0, 0.1) is 17.5 Å². The van der Waals surface area contributed by atoms with E-state index in [4.69, 9.17) is 0 Å². The van der Waals surface area contributed by atoms with Crippen LogP contribution in [0.2, 0.25) is 0 Å². The minimum atomic E-state index is -1.09. The Balaban J connectivity index is 1.81. The lowest BCUT2D eigenvalue weighted by Crippen LogP contribution is -2.51. The molecule has 6 nitrogen and oxygen atoms in total. The summed E-state index contributed by atoms with van der Waals surface area (Å²) in [4.78, 5) is 26.6. The van der Waals surface area contributed by atoms with Gasteiger partial charge in [0, 0.05) is 12.5 Å². The average Bonchev–Trinajstić information content (AvgIpc) is 3.26. The molecule has 0 saturated carbocycles. The summed E-state index contributed by atoms with van der Waals surface area (Å²) in [7, 11) is 0. The predicted molar refractivity (Wildman–Crippen MR) is 108 cm³/mol. The molecule has 3 atom stereocenters. The fraction of sp³-hybridized carbons (Fsp3) is 0.261. The summed E-state index contributed by atoms with van der Waals surface area (Å²) >= 11 is 0. The summed E-state index contributed by atoms with van der Waals surface area (Å²) in [5.41, 5.74) is -0.609. The summed E-state index contributed by atoms with van der Waals surface area (Å²) < 4.78 is 44.2. The zero-order valence-corrected chi connectivity index (χ0v) is 16.7. The van der Waals surface area contributed by atoms with E-state index in [1.54, 1.807) is 12.1 Å². The van der Waals surface area contributed by atoms with E-state index in [9.17, 15) is 23.5 Å². The van der Waals surface area contributed by atoms with Crippen molar-refractivity contribution in [1.29, 1.82) is 0 Å². The molecule has 0 spiro atoms. The molecule has 9 heteroatoms. The van der Waals surface area contributed by atoms with Crippen molar-refractivity contribution in [3.63, 3.8) is 0 Å². The lowest BCUT2D eigenvalue weighted by atomic mass is 9.79. The molecule has 0 unspecified atom stereocenters. The molecule has 32 heavy (non-hydrogen) atoms. The predicted octanol–water partition coefficient (Wildman–Crippen LogP) is 3.36. The van der Waals surface area contributed by atoms with E-state index in [1.807, 2.05) is 0 Å². The highest BCUT2D eigenvalue weighted by molar-refractivity contribution is 5.96. The van der Waals surface area contributed by atoms with Crippen LogP contribution < -0.4 is 5.43 Å². The van der Waals surface area contributed by atoms with Gasteiger partial charge in [0.1, 0.15) is 5.82 Å². The van der Waals surface area contributed by atoms with E-state index in [0.29, 0.717) is 19.4 Å². The highest BCUT2D eigenvalue weighted by atomic mass is 19.2. The Hall–Kier alpha value is -3.62. The van der Waals surface area contributed by atoms with Crippen molar-refractivity contribution in [2.45, 2.75) is 30.8 Å². The first-order valence-corrected chi connectivity index (χ1v) is 10.2. The number of aromatic hydroxyl groups is 1. The van der Waals surface area contributed by atoms with Crippen molar-refractivity contribution in [1.82, 2.24) is 14.7 Å². The van der Waals surface area contributed by atoms with Crippen molar-refractivity contribution >= 4 is 5.91 Å². The Morgan fingerprint density at radius 2 is 1.81 bits per heavy atom. The molecule has 1 fully saturated rings. The second-order valence-electron chi connectivity index (χ2n) is 8.02. The molecule has 3 aromatic rings. The second-order valence-corrected chi connectivity index (χ2v) is 8.02. The number of aromatic nitrogens is 2. The summed E-state index contributed by atoms with van der Waals surface area (Å²) in [6, 6.07) is 8.08. The van der Waals surface area contributed by atoms with E-state index < -0.39 is 52.5 Å². The zero-order valence-electron chi connectivity index (χ0n) is 16.7. The lowest BCUT2D eigenvalue weighted by molar-refractivity contribution is 0.0564. The van der Waals surface area contributed by atoms with Gasteiger partial charge in [-0.1, -0.05) is 24.3 Å². The van der Waals surface area contributed by atoms with Crippen molar-refractivity contribution < 1.29 is 23.1 Å². The third-order valence-corrected chi connectivity index (χ3v) is 6.31. The molecule has 2 aliphatic heterocycles. The van der Waals surface area contributed by atoms with Crippen LogP contribution in [0.4, 0.5) is 13.2 Å². The Kier molecular flexibility index (Phi) is 4.76. The van der Waals surface area contributed by atoms with E-state index in [0.717, 1.165) is 18.3 Å². The molecule has 2 aliphatic rings. The topological polar surface area (TPSA) is 75.4 Å². The van der Waals surface area contributed by atoms with Crippen molar-refractivity contribution in [2.24, 2.45) is 0 Å². The molecule has 2 aromatic carbocycles. The number of amides is 1. The van der Waals surface area contributed by atoms with E-state index >= 15 is 4.39 Å². The fourth-order valence-electron chi connectivity index (χ4n) is 4.94. The van der Waals surface area contributed by atoms with E-state index in [-0.39, 0.29) is 16.8 Å². The van der Waals surface area contributed by atoms with Gasteiger partial charge in [0.25, 0.3) is 5.91 Å². The first-order chi connectivity index (χ1) is 15.4. The van der Waals surface area contributed by atoms with Crippen LogP contribution in [0.5, 0.6) is 5.75 Å². The number of hydrogen-bond donors (Lipinski definition) is 1. The summed E-state index contributed by atoms with van der Waals surface area (Å²) in [6.45, 7) is 0.393. The number of fused-ring (bicyclic) bond motifs is 2. The molecule has 1 amide bonds. The van der Waals surface area contributed by atoms with Crippen LogP contribution in [-0.4, -0.2) is 38.3 Å². The standard InChI is InChI=1S/C23H18F3N3O3/c24-14-5-2-1-4-13(14)19(12-7-8-15(25)16(26)10-12)20-17-6-3-9-28(17)23(32)21-22(31)18(30)11-27-29(20)21/h1-2,4-5,7-8,10-11,17,19-20,31H,3,6,9H2/t17-,19-,20-/m1/s1. The lowest BCUT2D eigenvalue weighted by Gasteiger charge is -2.42. The Bertz CT molecular complexity index is 1290. The molecule has 1 saturated heterocycles. The smallest absolute Gasteiger partial charge is 0.276 e. The number of rotatable bonds is 3. The number of nitrogens with zero attached hydrogens (tertiary/aromatic N) is 3. The highest BCUT2D eigenvalue weighted by Gasteiger charge is 2.48. The van der Waals surface area contributed by atoms with Crippen LogP contribution in [0.3, 0.4) is 0 Å². The van der Waals surface area contributed by atoms with Gasteiger partial charge >= 0.3 is 0 Å². The van der Waals surface area contributed by atoms with Gasteiger partial charge in [0.15, 0.2) is 23.1 Å². The maximum Gasteiger partial charge on any atom is 0.276 e. The third kappa shape index (κ3) is 2.99. The van der Waals surface area contributed by atoms with Gasteiger partial charge in [-0.2, -0.15) is 5.10 Å². The van der Waals surface area contributed by atoms with Crippen LogP contribution in [-0.2, 0) is 0 Å². The number of carbonyl (C=O) groups is 1. The molecular formula is C23H18F3N3O3. The van der Waals surface area contributed by atoms with Crippen LogP contribution in [0.15, 0.2) is 53.5 Å². The molecule has 0 aliphatic carbocycles. The van der Waals surface area contributed by atoms with Crippen molar-refractivity contribution in [3.05, 3.63) is 93.2 Å². The van der Waals surface area contributed by atoms with Crippen molar-refractivity contribution in [2.75, 3.05) is 6.54 Å². The van der Waals surface area contributed by atoms with Crippen LogP contribution in [0.1, 0.15) is 46.4 Å². The van der Waals surface area contributed by atoms with Gasteiger partial charge in [-0.3, -0.25) is 14.3 Å². The van der Waals surface area contributed by atoms with Crippen molar-refractivity contribution in [3.8, 4) is 5.75 Å². The molecule has 5 rings (SSSR count). The average molecular weight is 441 g/mol. The van der Waals surface area contributed by atoms with Gasteiger partial charge in [-0.05, 0) is 42.2 Å². The van der Waals surface area contributed by atoms with Crippen LogP contribution in [0.25, 0.3) is 0 Å². The Labute approximate surface area is 180 Å². The molecule has 1 aromatic heterocycles. The minimum Gasteiger partial charge on any atom is -0.502 e. The monoisotopic (exact) mass is 441 g/mol. The summed E-state index contributed by atoms with van der Waals surface area (Å²) in [5, 5.41) is 14.5. The minimum absolute atomic E-state index is 0.204. The van der Waals surface area contributed by atoms with Crippen LogP contribution >= 0.6 is 0 Å². The van der Waals surface area contributed by atoms with E-state index in [1.165, 1.54) is 27.8 Å². The summed E-state index contributed by atoms with van der Waals surface area (Å²) in [5.74, 6) is -4.84. The van der Waals surface area contributed by atoms with Gasteiger partial charge in [-0.15, -0.1) is 0 Å². The fourth-order valence-corrected chi connectivity index (χ4v) is 4.94. The van der Waals surface area contributed by atoms with Gasteiger partial charge < -0.3 is 10.0 Å². The molecule has 0 radical (unpaired) electrons. The first kappa shape index (κ1) is 20.3. The quantitative estimate of drug-likeness (QED) is 0.677. The normalized spacial score (nSPS) is 20.7. The van der Waals surface area contributed by atoms with Gasteiger partial charge in [0.2, 0.25) is 5.43 Å². The number of halogens is 3. The molecule has 164 valence electrons. The highest BCUT2D eigenvalue weighted by Crippen LogP contribution is 2.46. The molecule has 0 bridgehead atoms. The Morgan fingerprint density at radius 3 is 2.56 bits per heavy atom. The number of benzene rings is 2. The third-order valence-electron chi connectivity index (χ3n) is 6.31. The second kappa shape index (κ2) is 7.51. The summed E-state index contributed by atoms with van der Waals surface area (Å²) in [6.07, 6.45) is 2.13. The maximum absolute atomic E-state index is 15.0. The van der Waals surface area contributed by atoms with Gasteiger partial charge in [-0.25, -0.2) is 13.2 Å². The maximum atomic E-state index is 15.0. The molecule has 3 heterocycles. The largest absolute Gasteiger partial charge is 0.502 e. The van der Waals surface area contributed by atoms with E-state index in [2.05, 4.69) is 5.10 Å². The zero-order chi connectivity index (χ0) is 22.6.